The number of aromatic nitrogens is 5. The maximum Gasteiger partial charge on any atom is 0.164 e. The third-order valence-electron chi connectivity index (χ3n) is 11.2. The second-order valence-corrected chi connectivity index (χ2v) is 14.4. The molecule has 0 aliphatic rings. The van der Waals surface area contributed by atoms with Crippen LogP contribution in [0.1, 0.15) is 0 Å². The van der Waals surface area contributed by atoms with Crippen molar-refractivity contribution in [3.8, 4) is 45.5 Å². The number of nitrogens with zero attached hydrogens (tertiary/aromatic N) is 5. The standard InChI is InChI=1S/C51H31N5O/c1-4-15-32(16-5-1)49-52-50(33-17-6-2-7-18-33)54-51(53-49)34-27-28-38-43(31-34)55(35-19-8-3-9-20-35)42-29-30-45-48(46(38)42)47-41(25-14-26-44(47)57-45)56-39-23-12-10-21-36(39)37-22-11-13-24-40(37)56/h1-31H. The van der Waals surface area contributed by atoms with Gasteiger partial charge in [-0.05, 0) is 54.6 Å². The molecular formula is C51H31N5O. The first-order valence-electron chi connectivity index (χ1n) is 19.1. The van der Waals surface area contributed by atoms with Gasteiger partial charge in [-0.1, -0.05) is 133 Å². The number of fused-ring (bicyclic) bond motifs is 10. The Balaban J connectivity index is 1.17. The van der Waals surface area contributed by atoms with Gasteiger partial charge >= 0.3 is 0 Å². The molecule has 4 heterocycles. The molecule has 0 bridgehead atoms. The highest BCUT2D eigenvalue weighted by molar-refractivity contribution is 6.29. The molecule has 6 heteroatoms. The van der Waals surface area contributed by atoms with Crippen LogP contribution in [0.15, 0.2) is 192 Å². The smallest absolute Gasteiger partial charge is 0.164 e. The van der Waals surface area contributed by atoms with E-state index in [0.29, 0.717) is 17.5 Å². The predicted molar refractivity (Wildman–Crippen MR) is 232 cm³/mol. The van der Waals surface area contributed by atoms with Gasteiger partial charge in [-0.15, -0.1) is 0 Å². The van der Waals surface area contributed by atoms with Crippen molar-refractivity contribution in [1.29, 1.82) is 0 Å². The zero-order valence-corrected chi connectivity index (χ0v) is 30.5. The average molecular weight is 730 g/mol. The van der Waals surface area contributed by atoms with E-state index in [-0.39, 0.29) is 0 Å². The summed E-state index contributed by atoms with van der Waals surface area (Å²) in [5.41, 5.74) is 11.1. The first kappa shape index (κ1) is 31.5. The van der Waals surface area contributed by atoms with E-state index < -0.39 is 0 Å². The van der Waals surface area contributed by atoms with E-state index in [9.17, 15) is 0 Å². The van der Waals surface area contributed by atoms with Crippen LogP contribution in [0, 0.1) is 0 Å². The second-order valence-electron chi connectivity index (χ2n) is 14.4. The third-order valence-corrected chi connectivity index (χ3v) is 11.2. The van der Waals surface area contributed by atoms with E-state index >= 15 is 0 Å². The zero-order chi connectivity index (χ0) is 37.5. The molecular weight excluding hydrogens is 699 g/mol. The molecule has 12 aromatic rings. The number of hydrogen-bond donors (Lipinski definition) is 0. The molecule has 0 aliphatic carbocycles. The minimum atomic E-state index is 0.613. The molecule has 8 aromatic carbocycles. The first-order chi connectivity index (χ1) is 28.3. The molecule has 0 aliphatic heterocycles. The predicted octanol–water partition coefficient (Wildman–Crippen LogP) is 13.0. The van der Waals surface area contributed by atoms with Gasteiger partial charge in [-0.25, -0.2) is 15.0 Å². The second kappa shape index (κ2) is 12.3. The van der Waals surface area contributed by atoms with Crippen LogP contribution in [-0.2, 0) is 0 Å². The van der Waals surface area contributed by atoms with Crippen molar-refractivity contribution in [3.63, 3.8) is 0 Å². The molecule has 6 nitrogen and oxygen atoms in total. The number of para-hydroxylation sites is 3. The van der Waals surface area contributed by atoms with Crippen molar-refractivity contribution >= 4 is 65.6 Å². The Bertz CT molecular complexity index is 3400. The summed E-state index contributed by atoms with van der Waals surface area (Å²) >= 11 is 0. The number of rotatable bonds is 5. The van der Waals surface area contributed by atoms with Gasteiger partial charge in [-0.3, -0.25) is 0 Å². The molecule has 0 saturated heterocycles. The molecule has 0 saturated carbocycles. The van der Waals surface area contributed by atoms with Crippen LogP contribution in [-0.4, -0.2) is 24.1 Å². The van der Waals surface area contributed by atoms with E-state index in [2.05, 4.69) is 137 Å². The highest BCUT2D eigenvalue weighted by atomic mass is 16.3. The van der Waals surface area contributed by atoms with Gasteiger partial charge in [0.1, 0.15) is 11.2 Å². The maximum atomic E-state index is 6.74. The van der Waals surface area contributed by atoms with Gasteiger partial charge < -0.3 is 13.6 Å². The lowest BCUT2D eigenvalue weighted by Gasteiger charge is -2.10. The number of hydrogen-bond acceptors (Lipinski definition) is 4. The molecule has 0 radical (unpaired) electrons. The van der Waals surface area contributed by atoms with Crippen LogP contribution in [0.5, 0.6) is 0 Å². The van der Waals surface area contributed by atoms with Crippen molar-refractivity contribution in [3.05, 3.63) is 188 Å². The Labute approximate surface area is 326 Å². The van der Waals surface area contributed by atoms with E-state index in [0.717, 1.165) is 82.8 Å². The van der Waals surface area contributed by atoms with Crippen LogP contribution < -0.4 is 0 Å². The summed E-state index contributed by atoms with van der Waals surface area (Å²) in [6, 6.07) is 65.4. The number of furan rings is 1. The highest BCUT2D eigenvalue weighted by Gasteiger charge is 2.23. The summed E-state index contributed by atoms with van der Waals surface area (Å²) in [6.07, 6.45) is 0. The van der Waals surface area contributed by atoms with Crippen LogP contribution in [0.25, 0.3) is 111 Å². The quantitative estimate of drug-likeness (QED) is 0.177. The van der Waals surface area contributed by atoms with E-state index in [1.54, 1.807) is 0 Å². The lowest BCUT2D eigenvalue weighted by molar-refractivity contribution is 0.669. The molecule has 0 spiro atoms. The highest BCUT2D eigenvalue weighted by Crippen LogP contribution is 2.45. The largest absolute Gasteiger partial charge is 0.456 e. The van der Waals surface area contributed by atoms with Crippen molar-refractivity contribution in [1.82, 2.24) is 24.1 Å². The van der Waals surface area contributed by atoms with Gasteiger partial charge in [0, 0.05) is 49.3 Å². The summed E-state index contributed by atoms with van der Waals surface area (Å²) in [5, 5.41) is 6.86. The van der Waals surface area contributed by atoms with E-state index in [1.165, 1.54) is 10.8 Å². The lowest BCUT2D eigenvalue weighted by Crippen LogP contribution is -2.00. The Morgan fingerprint density at radius 1 is 0.333 bits per heavy atom. The summed E-state index contributed by atoms with van der Waals surface area (Å²) in [7, 11) is 0. The summed E-state index contributed by atoms with van der Waals surface area (Å²) in [4.78, 5) is 15.1. The monoisotopic (exact) mass is 729 g/mol. The summed E-state index contributed by atoms with van der Waals surface area (Å²) in [6.45, 7) is 0. The molecule has 266 valence electrons. The topological polar surface area (TPSA) is 61.7 Å². The fraction of sp³-hybridized carbons (Fsp3) is 0. The molecule has 12 rings (SSSR count). The van der Waals surface area contributed by atoms with Crippen LogP contribution >= 0.6 is 0 Å². The Morgan fingerprint density at radius 2 is 0.895 bits per heavy atom. The van der Waals surface area contributed by atoms with Gasteiger partial charge in [0.25, 0.3) is 0 Å². The molecule has 0 N–H and O–H groups in total. The average Bonchev–Trinajstić information content (AvgIpc) is 3.94. The van der Waals surface area contributed by atoms with E-state index in [4.69, 9.17) is 19.4 Å². The van der Waals surface area contributed by atoms with Crippen molar-refractivity contribution in [2.75, 3.05) is 0 Å². The lowest BCUT2D eigenvalue weighted by atomic mass is 10.0. The van der Waals surface area contributed by atoms with Crippen molar-refractivity contribution in [2.45, 2.75) is 0 Å². The van der Waals surface area contributed by atoms with E-state index in [1.807, 2.05) is 60.7 Å². The van der Waals surface area contributed by atoms with Gasteiger partial charge in [0.05, 0.1) is 33.1 Å². The molecule has 57 heavy (non-hydrogen) atoms. The first-order valence-corrected chi connectivity index (χ1v) is 19.1. The molecule has 0 fully saturated rings. The van der Waals surface area contributed by atoms with Crippen molar-refractivity contribution in [2.24, 2.45) is 0 Å². The maximum absolute atomic E-state index is 6.74. The minimum absolute atomic E-state index is 0.613. The van der Waals surface area contributed by atoms with Crippen LogP contribution in [0.4, 0.5) is 0 Å². The minimum Gasteiger partial charge on any atom is -0.456 e. The number of benzene rings is 8. The summed E-state index contributed by atoms with van der Waals surface area (Å²) < 4.78 is 11.5. The third kappa shape index (κ3) is 4.81. The van der Waals surface area contributed by atoms with Gasteiger partial charge in [0.2, 0.25) is 0 Å². The van der Waals surface area contributed by atoms with Crippen LogP contribution in [0.2, 0.25) is 0 Å². The fourth-order valence-electron chi connectivity index (χ4n) is 8.70. The summed E-state index contributed by atoms with van der Waals surface area (Å²) in [5.74, 6) is 1.88. The SMILES string of the molecule is c1ccc(-c2nc(-c3ccccc3)nc(-c3ccc4c5c6c(ccc5n(-c5ccccc5)c4c3)oc3cccc(-n4c5ccccc5c5ccccc54)c36)n2)cc1. The molecule has 0 amide bonds. The Hall–Kier alpha value is -7.83. The Morgan fingerprint density at radius 3 is 1.54 bits per heavy atom. The van der Waals surface area contributed by atoms with Crippen LogP contribution in [0.3, 0.4) is 0 Å². The fourth-order valence-corrected chi connectivity index (χ4v) is 8.70. The van der Waals surface area contributed by atoms with Gasteiger partial charge in [0.15, 0.2) is 17.5 Å². The zero-order valence-electron chi connectivity index (χ0n) is 30.5. The normalized spacial score (nSPS) is 11.9. The van der Waals surface area contributed by atoms with Gasteiger partial charge in [-0.2, -0.15) is 0 Å². The van der Waals surface area contributed by atoms with Crippen molar-refractivity contribution < 1.29 is 4.42 Å². The Kier molecular flexibility index (Phi) is 6.83. The molecule has 4 aromatic heterocycles. The molecule has 0 unspecified atom stereocenters. The molecule has 0 atom stereocenters.